The molecule has 2 heterocycles. The van der Waals surface area contributed by atoms with Gasteiger partial charge in [0.1, 0.15) is 42.7 Å². The fraction of sp³-hybridized carbons (Fsp3) is 0.929. The van der Waals surface area contributed by atoms with Gasteiger partial charge in [-0.1, -0.05) is 0 Å². The van der Waals surface area contributed by atoms with Crippen LogP contribution in [-0.4, -0.2) is 110 Å². The highest BCUT2D eigenvalue weighted by atomic mass is 16.5. The largest absolute Gasteiger partial charge is 0.394 e. The summed E-state index contributed by atoms with van der Waals surface area (Å²) in [5.74, 6) is 0. The van der Waals surface area contributed by atoms with Gasteiger partial charge in [-0.3, -0.25) is 0 Å². The monoisotopic (exact) mass is 370 g/mol. The van der Waals surface area contributed by atoms with Gasteiger partial charge in [0, 0.05) is 0 Å². The number of rotatable bonds is 1. The van der Waals surface area contributed by atoms with Gasteiger partial charge >= 0.3 is 6.15 Å². The molecule has 0 radical (unpaired) electrons. The fourth-order valence-corrected chi connectivity index (χ4v) is 2.24. The van der Waals surface area contributed by atoms with Crippen molar-refractivity contribution in [1.82, 2.24) is 0 Å². The molecule has 25 heavy (non-hydrogen) atoms. The van der Waals surface area contributed by atoms with E-state index in [0.29, 0.717) is 0 Å². The number of aliphatic hydroxyl groups excluding tert-OH is 7. The minimum absolute atomic E-state index is 0.0966. The van der Waals surface area contributed by atoms with E-state index in [-0.39, 0.29) is 19.4 Å². The van der Waals surface area contributed by atoms with Crippen molar-refractivity contribution in [1.29, 1.82) is 0 Å². The van der Waals surface area contributed by atoms with E-state index in [2.05, 4.69) is 0 Å². The van der Waals surface area contributed by atoms with E-state index in [4.69, 9.17) is 39.5 Å². The molecule has 0 saturated carbocycles. The molecule has 0 amide bonds. The van der Waals surface area contributed by atoms with Gasteiger partial charge in [0.2, 0.25) is 0 Å². The Bertz CT molecular complexity index is 381. The van der Waals surface area contributed by atoms with Gasteiger partial charge in [0.15, 0.2) is 0 Å². The lowest BCUT2D eigenvalue weighted by Crippen LogP contribution is -2.57. The SMILES string of the molecule is CC1OC[C@@H](O)[C@H](O)[C@H]1O.CC1O[C@H](CO)[C@H](O)[C@H](O)[C@H]1O.O=C=O. The average Bonchev–Trinajstić information content (AvgIpc) is 2.59. The fourth-order valence-electron chi connectivity index (χ4n) is 2.24. The first-order valence-corrected chi connectivity index (χ1v) is 7.57. The van der Waals surface area contributed by atoms with Crippen molar-refractivity contribution in [2.75, 3.05) is 13.2 Å². The Morgan fingerprint density at radius 3 is 1.76 bits per heavy atom. The van der Waals surface area contributed by atoms with Gasteiger partial charge < -0.3 is 45.2 Å². The van der Waals surface area contributed by atoms with Crippen LogP contribution < -0.4 is 0 Å². The first-order valence-electron chi connectivity index (χ1n) is 7.57. The highest BCUT2D eigenvalue weighted by Gasteiger charge is 2.41. The summed E-state index contributed by atoms with van der Waals surface area (Å²) < 4.78 is 9.93. The summed E-state index contributed by atoms with van der Waals surface area (Å²) in [7, 11) is 0. The second-order valence-corrected chi connectivity index (χ2v) is 5.70. The zero-order valence-corrected chi connectivity index (χ0v) is 13.9. The summed E-state index contributed by atoms with van der Waals surface area (Å²) in [6, 6.07) is 0. The summed E-state index contributed by atoms with van der Waals surface area (Å²) in [5, 5.41) is 63.4. The van der Waals surface area contributed by atoms with E-state index < -0.39 is 54.9 Å². The maximum Gasteiger partial charge on any atom is 0.373 e. The maximum absolute atomic E-state index is 9.23. The number of aliphatic hydroxyl groups is 7. The van der Waals surface area contributed by atoms with Gasteiger partial charge in [-0.05, 0) is 13.8 Å². The predicted octanol–water partition coefficient (Wildman–Crippen LogP) is -4.25. The molecule has 2 aliphatic heterocycles. The maximum atomic E-state index is 9.23. The second kappa shape index (κ2) is 11.6. The van der Waals surface area contributed by atoms with Crippen LogP contribution in [0.2, 0.25) is 0 Å². The predicted molar refractivity (Wildman–Crippen MR) is 77.9 cm³/mol. The van der Waals surface area contributed by atoms with E-state index in [1.807, 2.05) is 0 Å². The van der Waals surface area contributed by atoms with Crippen LogP contribution in [0.25, 0.3) is 0 Å². The Labute approximate surface area is 144 Å². The van der Waals surface area contributed by atoms with E-state index in [0.717, 1.165) is 0 Å². The third-order valence-electron chi connectivity index (χ3n) is 3.89. The summed E-state index contributed by atoms with van der Waals surface area (Å²) in [6.45, 7) is 2.96. The Balaban J connectivity index is 0.000000403. The molecule has 0 aromatic rings. The molecule has 2 aliphatic rings. The lowest BCUT2D eigenvalue weighted by molar-refractivity contribution is -0.224. The summed E-state index contributed by atoms with van der Waals surface area (Å²) >= 11 is 0. The van der Waals surface area contributed by atoms with Gasteiger partial charge in [0.05, 0.1) is 25.4 Å². The first-order chi connectivity index (χ1) is 11.6. The Morgan fingerprint density at radius 2 is 1.32 bits per heavy atom. The lowest BCUT2D eigenvalue weighted by atomic mass is 9.96. The topological polar surface area (TPSA) is 194 Å². The third kappa shape index (κ3) is 7.04. The molecule has 9 atom stereocenters. The minimum atomic E-state index is -1.24. The Morgan fingerprint density at radius 1 is 0.840 bits per heavy atom. The smallest absolute Gasteiger partial charge is 0.373 e. The molecule has 2 rings (SSSR count). The van der Waals surface area contributed by atoms with Crippen LogP contribution in [0.5, 0.6) is 0 Å². The molecule has 0 bridgehead atoms. The molecule has 2 unspecified atom stereocenters. The minimum Gasteiger partial charge on any atom is -0.394 e. The van der Waals surface area contributed by atoms with Crippen LogP contribution in [0.4, 0.5) is 0 Å². The van der Waals surface area contributed by atoms with E-state index >= 15 is 0 Å². The third-order valence-corrected chi connectivity index (χ3v) is 3.89. The van der Waals surface area contributed by atoms with Gasteiger partial charge in [-0.25, -0.2) is 0 Å². The zero-order chi connectivity index (χ0) is 19.7. The number of hydrogen-bond donors (Lipinski definition) is 7. The van der Waals surface area contributed by atoms with Crippen molar-refractivity contribution in [3.63, 3.8) is 0 Å². The van der Waals surface area contributed by atoms with Crippen molar-refractivity contribution >= 4 is 6.15 Å². The molecule has 11 nitrogen and oxygen atoms in total. The second-order valence-electron chi connectivity index (χ2n) is 5.70. The van der Waals surface area contributed by atoms with Crippen LogP contribution >= 0.6 is 0 Å². The Kier molecular flexibility index (Phi) is 11.1. The van der Waals surface area contributed by atoms with E-state index in [1.165, 1.54) is 0 Å². The molecule has 0 aliphatic carbocycles. The van der Waals surface area contributed by atoms with Crippen LogP contribution in [0.1, 0.15) is 13.8 Å². The Hall–Kier alpha value is -0.980. The average molecular weight is 370 g/mol. The molecule has 2 fully saturated rings. The lowest BCUT2D eigenvalue weighted by Gasteiger charge is -2.38. The highest BCUT2D eigenvalue weighted by Crippen LogP contribution is 2.20. The number of carbonyl (C=O) groups excluding carboxylic acids is 2. The van der Waals surface area contributed by atoms with Gasteiger partial charge in [-0.2, -0.15) is 9.59 Å². The van der Waals surface area contributed by atoms with Gasteiger partial charge in [0.25, 0.3) is 0 Å². The molecule has 0 aromatic heterocycles. The van der Waals surface area contributed by atoms with E-state index in [9.17, 15) is 15.3 Å². The molecular weight excluding hydrogens is 344 g/mol. The summed E-state index contributed by atoms with van der Waals surface area (Å²) in [6.07, 6.45) is -8.06. The molecular formula is C14H26O11. The molecule has 0 aromatic carbocycles. The van der Waals surface area contributed by atoms with Crippen LogP contribution in [-0.2, 0) is 19.1 Å². The van der Waals surface area contributed by atoms with Crippen molar-refractivity contribution < 1.29 is 54.8 Å². The molecule has 2 saturated heterocycles. The quantitative estimate of drug-likeness (QED) is 0.236. The van der Waals surface area contributed by atoms with Crippen molar-refractivity contribution in [3.05, 3.63) is 0 Å². The van der Waals surface area contributed by atoms with Crippen LogP contribution in [0.3, 0.4) is 0 Å². The number of hydrogen-bond acceptors (Lipinski definition) is 11. The highest BCUT2D eigenvalue weighted by molar-refractivity contribution is 5.20. The van der Waals surface area contributed by atoms with Crippen molar-refractivity contribution in [2.45, 2.75) is 68.8 Å². The van der Waals surface area contributed by atoms with E-state index in [1.54, 1.807) is 13.8 Å². The van der Waals surface area contributed by atoms with Crippen LogP contribution in [0.15, 0.2) is 0 Å². The van der Waals surface area contributed by atoms with Crippen LogP contribution in [0, 0.1) is 0 Å². The van der Waals surface area contributed by atoms with Crippen molar-refractivity contribution in [3.8, 4) is 0 Å². The molecule has 7 N–H and O–H groups in total. The van der Waals surface area contributed by atoms with Crippen molar-refractivity contribution in [2.24, 2.45) is 0 Å². The molecule has 0 spiro atoms. The molecule has 11 heteroatoms. The molecule has 148 valence electrons. The first kappa shape index (κ1) is 24.0. The number of ether oxygens (including phenoxy) is 2. The summed E-state index contributed by atoms with van der Waals surface area (Å²) in [4.78, 5) is 16.2. The standard InChI is InChI=1S/C7H14O5.C6H12O4.CO2/c1-3-5(9)7(11)6(10)4(2-8)12-3;1-3-5(8)6(9)4(7)2-10-3;2-1-3/h3-11H,2H2,1H3;3-9H,2H2,1H3;/t3?,4-,5+,6+,7-;3?,4-,5+,6+;/m11./s1. The van der Waals surface area contributed by atoms with Gasteiger partial charge in [-0.15, -0.1) is 0 Å². The zero-order valence-electron chi connectivity index (χ0n) is 13.9. The summed E-state index contributed by atoms with van der Waals surface area (Å²) in [5.41, 5.74) is 0. The normalized spacial score (nSPS) is 43.6.